The first kappa shape index (κ1) is 21.6. The van der Waals surface area contributed by atoms with Crippen LogP contribution < -0.4 is 10.0 Å². The Hall–Kier alpha value is -1.71. The van der Waals surface area contributed by atoms with Gasteiger partial charge in [-0.15, -0.1) is 0 Å². The van der Waals surface area contributed by atoms with Crippen LogP contribution in [0.15, 0.2) is 23.1 Å². The number of hydrogen-bond donors (Lipinski definition) is 2. The molecule has 9 heteroatoms. The molecule has 1 aromatic rings. The fourth-order valence-electron chi connectivity index (χ4n) is 3.13. The van der Waals surface area contributed by atoms with Gasteiger partial charge in [0, 0.05) is 25.3 Å². The standard InChI is InChI=1S/C18H29N3O5S/c1-14(2)20-27(24,25)16-9-10-17(18(13-16)21(22)23)19-11-6-12-26-15-7-4-3-5-8-15/h9-10,13-15,19-20H,3-8,11-12H2,1-2H3. The number of rotatable bonds is 10. The van der Waals surface area contributed by atoms with Crippen molar-refractivity contribution in [2.24, 2.45) is 0 Å². The summed E-state index contributed by atoms with van der Waals surface area (Å²) in [5, 5.41) is 14.4. The summed E-state index contributed by atoms with van der Waals surface area (Å²) in [4.78, 5) is 10.7. The van der Waals surface area contributed by atoms with Crippen molar-refractivity contribution in [2.45, 2.75) is 69.4 Å². The van der Waals surface area contributed by atoms with Gasteiger partial charge in [-0.1, -0.05) is 19.3 Å². The zero-order valence-corrected chi connectivity index (χ0v) is 16.8. The maximum atomic E-state index is 12.2. The molecule has 0 aliphatic heterocycles. The Bertz CT molecular complexity index is 731. The van der Waals surface area contributed by atoms with E-state index in [0.29, 0.717) is 24.9 Å². The summed E-state index contributed by atoms with van der Waals surface area (Å²) < 4.78 is 32.7. The van der Waals surface area contributed by atoms with Gasteiger partial charge in [-0.3, -0.25) is 10.1 Å². The van der Waals surface area contributed by atoms with E-state index in [4.69, 9.17) is 4.74 Å². The molecule has 0 bridgehead atoms. The van der Waals surface area contributed by atoms with E-state index < -0.39 is 14.9 Å². The van der Waals surface area contributed by atoms with Crippen LogP contribution in [0.5, 0.6) is 0 Å². The van der Waals surface area contributed by atoms with Crippen LogP contribution in [0.2, 0.25) is 0 Å². The minimum atomic E-state index is -3.78. The largest absolute Gasteiger partial charge is 0.379 e. The van der Waals surface area contributed by atoms with Crippen LogP contribution >= 0.6 is 0 Å². The number of ether oxygens (including phenoxy) is 1. The smallest absolute Gasteiger partial charge is 0.293 e. The Morgan fingerprint density at radius 2 is 1.96 bits per heavy atom. The van der Waals surface area contributed by atoms with E-state index in [1.165, 1.54) is 31.4 Å². The van der Waals surface area contributed by atoms with E-state index in [1.807, 2.05) is 0 Å². The number of hydrogen-bond acceptors (Lipinski definition) is 6. The van der Waals surface area contributed by atoms with E-state index >= 15 is 0 Å². The van der Waals surface area contributed by atoms with Crippen molar-refractivity contribution >= 4 is 21.4 Å². The van der Waals surface area contributed by atoms with Gasteiger partial charge < -0.3 is 10.1 Å². The lowest BCUT2D eigenvalue weighted by molar-refractivity contribution is -0.384. The van der Waals surface area contributed by atoms with Gasteiger partial charge >= 0.3 is 0 Å². The first-order chi connectivity index (χ1) is 12.8. The number of benzene rings is 1. The second kappa shape index (κ2) is 10.0. The Morgan fingerprint density at radius 3 is 2.59 bits per heavy atom. The highest BCUT2D eigenvalue weighted by Gasteiger charge is 2.22. The molecule has 1 saturated carbocycles. The maximum absolute atomic E-state index is 12.2. The number of nitro benzene ring substituents is 1. The maximum Gasteiger partial charge on any atom is 0.293 e. The van der Waals surface area contributed by atoms with E-state index in [9.17, 15) is 18.5 Å². The summed E-state index contributed by atoms with van der Waals surface area (Å²) in [6.07, 6.45) is 7.00. The van der Waals surface area contributed by atoms with Crippen molar-refractivity contribution in [3.8, 4) is 0 Å². The van der Waals surface area contributed by atoms with Gasteiger partial charge in [-0.25, -0.2) is 13.1 Å². The van der Waals surface area contributed by atoms with Crippen molar-refractivity contribution in [3.63, 3.8) is 0 Å². The van der Waals surface area contributed by atoms with Crippen LogP contribution in [0, 0.1) is 10.1 Å². The molecular weight excluding hydrogens is 370 g/mol. The minimum absolute atomic E-state index is 0.117. The number of anilines is 1. The van der Waals surface area contributed by atoms with Gasteiger partial charge in [0.15, 0.2) is 0 Å². The van der Waals surface area contributed by atoms with Crippen LogP contribution in [0.3, 0.4) is 0 Å². The van der Waals surface area contributed by atoms with Crippen LogP contribution in [0.25, 0.3) is 0 Å². The molecule has 0 unspecified atom stereocenters. The first-order valence-electron chi connectivity index (χ1n) is 9.46. The molecule has 1 fully saturated rings. The first-order valence-corrected chi connectivity index (χ1v) is 10.9. The Morgan fingerprint density at radius 1 is 1.26 bits per heavy atom. The molecule has 2 rings (SSSR count). The summed E-state index contributed by atoms with van der Waals surface area (Å²) in [5.74, 6) is 0. The molecule has 0 atom stereocenters. The summed E-state index contributed by atoms with van der Waals surface area (Å²) in [6.45, 7) is 4.51. The second-order valence-electron chi connectivity index (χ2n) is 7.12. The fourth-order valence-corrected chi connectivity index (χ4v) is 4.41. The molecular formula is C18H29N3O5S. The molecule has 1 aromatic carbocycles. The summed E-state index contributed by atoms with van der Waals surface area (Å²) >= 11 is 0. The van der Waals surface area contributed by atoms with Crippen molar-refractivity contribution < 1.29 is 18.1 Å². The van der Waals surface area contributed by atoms with Crippen LogP contribution in [-0.2, 0) is 14.8 Å². The van der Waals surface area contributed by atoms with Gasteiger partial charge in [0.2, 0.25) is 10.0 Å². The lowest BCUT2D eigenvalue weighted by Gasteiger charge is -2.22. The number of nitrogens with one attached hydrogen (secondary N) is 2. The van der Waals surface area contributed by atoms with Gasteiger partial charge in [0.1, 0.15) is 5.69 Å². The zero-order valence-electron chi connectivity index (χ0n) is 15.9. The SMILES string of the molecule is CC(C)NS(=O)(=O)c1ccc(NCCCOC2CCCCC2)c([N+](=O)[O-])c1. The zero-order chi connectivity index (χ0) is 19.9. The molecule has 1 aliphatic rings. The predicted octanol–water partition coefficient (Wildman–Crippen LogP) is 3.43. The molecule has 8 nitrogen and oxygen atoms in total. The third-order valence-corrected chi connectivity index (χ3v) is 6.07. The minimum Gasteiger partial charge on any atom is -0.379 e. The highest BCUT2D eigenvalue weighted by Crippen LogP contribution is 2.27. The average Bonchev–Trinajstić information content (AvgIpc) is 2.61. The lowest BCUT2D eigenvalue weighted by Crippen LogP contribution is -2.30. The molecule has 0 aromatic heterocycles. The van der Waals surface area contributed by atoms with Gasteiger partial charge in [0.25, 0.3) is 5.69 Å². The van der Waals surface area contributed by atoms with Crippen molar-refractivity contribution in [1.82, 2.24) is 4.72 Å². The second-order valence-corrected chi connectivity index (χ2v) is 8.84. The third-order valence-electron chi connectivity index (χ3n) is 4.41. The monoisotopic (exact) mass is 399 g/mol. The Kier molecular flexibility index (Phi) is 8.00. The molecule has 0 spiro atoms. The van der Waals surface area contributed by atoms with E-state index in [1.54, 1.807) is 13.8 Å². The summed E-state index contributed by atoms with van der Waals surface area (Å²) in [7, 11) is -3.78. The van der Waals surface area contributed by atoms with Crippen LogP contribution in [-0.4, -0.2) is 38.6 Å². The number of nitro groups is 1. The van der Waals surface area contributed by atoms with Crippen molar-refractivity contribution in [1.29, 1.82) is 0 Å². The van der Waals surface area contributed by atoms with Crippen molar-refractivity contribution in [3.05, 3.63) is 28.3 Å². The summed E-state index contributed by atoms with van der Waals surface area (Å²) in [6, 6.07) is 3.61. The molecule has 0 radical (unpaired) electrons. The number of sulfonamides is 1. The highest BCUT2D eigenvalue weighted by molar-refractivity contribution is 7.89. The highest BCUT2D eigenvalue weighted by atomic mass is 32.2. The van der Waals surface area contributed by atoms with E-state index in [0.717, 1.165) is 25.3 Å². The summed E-state index contributed by atoms with van der Waals surface area (Å²) in [5.41, 5.74) is 0.0518. The lowest BCUT2D eigenvalue weighted by atomic mass is 9.98. The van der Waals surface area contributed by atoms with E-state index in [-0.39, 0.29) is 16.6 Å². The fraction of sp³-hybridized carbons (Fsp3) is 0.667. The van der Waals surface area contributed by atoms with Crippen LogP contribution in [0.4, 0.5) is 11.4 Å². The molecule has 152 valence electrons. The topological polar surface area (TPSA) is 111 Å². The molecule has 0 amide bonds. The molecule has 1 aliphatic carbocycles. The Balaban J connectivity index is 1.93. The molecule has 0 heterocycles. The molecule has 2 N–H and O–H groups in total. The molecule has 27 heavy (non-hydrogen) atoms. The normalized spacial score (nSPS) is 15.8. The van der Waals surface area contributed by atoms with Crippen molar-refractivity contribution in [2.75, 3.05) is 18.5 Å². The van der Waals surface area contributed by atoms with E-state index in [2.05, 4.69) is 10.0 Å². The quantitative estimate of drug-likeness (QED) is 0.354. The van der Waals surface area contributed by atoms with Crippen LogP contribution in [0.1, 0.15) is 52.4 Å². The number of nitrogens with zero attached hydrogens (tertiary/aromatic N) is 1. The third kappa shape index (κ3) is 6.75. The van der Waals surface area contributed by atoms with Gasteiger partial charge in [0.05, 0.1) is 15.9 Å². The molecule has 0 saturated heterocycles. The predicted molar refractivity (Wildman–Crippen MR) is 104 cm³/mol. The van der Waals surface area contributed by atoms with Gasteiger partial charge in [-0.2, -0.15) is 0 Å². The average molecular weight is 400 g/mol. The van der Waals surface area contributed by atoms with Gasteiger partial charge in [-0.05, 0) is 45.2 Å². The Labute approximate surface area is 160 Å².